The van der Waals surface area contributed by atoms with Crippen molar-refractivity contribution in [2.24, 2.45) is 5.10 Å². The lowest BCUT2D eigenvalue weighted by Crippen LogP contribution is -2.09. The summed E-state index contributed by atoms with van der Waals surface area (Å²) < 4.78 is 31.4. The number of fused-ring (bicyclic) bond motifs is 3. The number of carbonyl (C=O) groups is 2. The van der Waals surface area contributed by atoms with E-state index in [1.54, 1.807) is 55.8 Å². The monoisotopic (exact) mass is 631 g/mol. The van der Waals surface area contributed by atoms with Gasteiger partial charge in [0.1, 0.15) is 33.8 Å². The predicted octanol–water partition coefficient (Wildman–Crippen LogP) is 6.64. The number of aromatic nitrogens is 3. The molecule has 0 amide bonds. The molecule has 11 nitrogen and oxygen atoms in total. The minimum atomic E-state index is -0.503. The van der Waals surface area contributed by atoms with Crippen LogP contribution >= 0.6 is 23.1 Å². The van der Waals surface area contributed by atoms with Crippen LogP contribution in [0.4, 0.5) is 5.13 Å². The van der Waals surface area contributed by atoms with E-state index in [1.165, 1.54) is 11.3 Å². The number of carbonyl (C=O) groups excluding carboxylic acids is 2. The fourth-order valence-electron chi connectivity index (χ4n) is 4.15. The van der Waals surface area contributed by atoms with E-state index in [-0.39, 0.29) is 0 Å². The zero-order valence-corrected chi connectivity index (χ0v) is 25.5. The third-order valence-electron chi connectivity index (χ3n) is 6.37. The molecule has 2 heterocycles. The topological polar surface area (TPSA) is 134 Å². The van der Waals surface area contributed by atoms with Gasteiger partial charge in [0.2, 0.25) is 5.13 Å². The van der Waals surface area contributed by atoms with Gasteiger partial charge in [-0.25, -0.2) is 14.6 Å². The normalized spacial score (nSPS) is 11.1. The summed E-state index contributed by atoms with van der Waals surface area (Å²) in [6.07, 6.45) is 6.30. The number of methoxy groups -OCH3 is 1. The summed E-state index contributed by atoms with van der Waals surface area (Å²) in [5.74, 6) is 0.670. The van der Waals surface area contributed by atoms with Crippen LogP contribution in [0, 0.1) is 0 Å². The van der Waals surface area contributed by atoms with E-state index in [0.29, 0.717) is 46.7 Å². The number of thiazole rings is 1. The molecule has 0 aliphatic heterocycles. The van der Waals surface area contributed by atoms with Gasteiger partial charge in [-0.05, 0) is 80.3 Å². The van der Waals surface area contributed by atoms with Crippen molar-refractivity contribution < 1.29 is 28.5 Å². The number of ether oxygens (including phenoxy) is 4. The molecule has 5 rings (SSSR count). The highest BCUT2D eigenvalue weighted by Crippen LogP contribution is 2.31. The molecule has 0 saturated heterocycles. The zero-order valence-electron chi connectivity index (χ0n) is 23.9. The largest absolute Gasteiger partial charge is 0.496 e. The molecule has 0 radical (unpaired) electrons. The van der Waals surface area contributed by atoms with Crippen molar-refractivity contribution in [2.45, 2.75) is 25.7 Å². The lowest BCUT2D eigenvalue weighted by Gasteiger charge is -2.09. The minimum absolute atomic E-state index is 0.343. The Morgan fingerprint density at radius 2 is 1.75 bits per heavy atom. The molecule has 44 heavy (non-hydrogen) atoms. The Morgan fingerprint density at radius 3 is 2.55 bits per heavy atom. The maximum Gasteiger partial charge on any atom is 0.343 e. The van der Waals surface area contributed by atoms with Crippen LogP contribution in [0.3, 0.4) is 0 Å². The summed E-state index contributed by atoms with van der Waals surface area (Å²) in [5.41, 5.74) is 6.32. The molecule has 2 aromatic heterocycles. The first kappa shape index (κ1) is 30.6. The molecule has 0 aliphatic carbocycles. The minimum Gasteiger partial charge on any atom is -0.496 e. The van der Waals surface area contributed by atoms with Crippen LogP contribution in [0.25, 0.3) is 21.3 Å². The van der Waals surface area contributed by atoms with Crippen LogP contribution in [0.2, 0.25) is 0 Å². The van der Waals surface area contributed by atoms with Gasteiger partial charge >= 0.3 is 11.9 Å². The molecule has 1 N–H and O–H groups in total. The maximum absolute atomic E-state index is 12.8. The Balaban J connectivity index is 1.11. The number of hydrogen-bond donors (Lipinski definition) is 1. The number of nitrogens with one attached hydrogen (secondary N) is 1. The lowest BCUT2D eigenvalue weighted by atomic mass is 10.2. The third kappa shape index (κ3) is 7.94. The van der Waals surface area contributed by atoms with Crippen LogP contribution in [-0.4, -0.2) is 52.2 Å². The molecule has 0 spiro atoms. The molecule has 0 unspecified atom stereocenters. The number of esters is 2. The average Bonchev–Trinajstić information content (AvgIpc) is 3.69. The van der Waals surface area contributed by atoms with Crippen LogP contribution in [-0.2, 0) is 9.53 Å². The van der Waals surface area contributed by atoms with Crippen LogP contribution in [0.15, 0.2) is 72.4 Å². The van der Waals surface area contributed by atoms with Crippen molar-refractivity contribution in [2.75, 3.05) is 25.7 Å². The molecule has 0 saturated carbocycles. The third-order valence-corrected chi connectivity index (χ3v) is 7.84. The average molecular weight is 632 g/mol. The van der Waals surface area contributed by atoms with Gasteiger partial charge in [0.15, 0.2) is 0 Å². The van der Waals surface area contributed by atoms with E-state index in [0.717, 1.165) is 64.7 Å². The van der Waals surface area contributed by atoms with Crippen LogP contribution in [0.5, 0.6) is 17.2 Å². The highest BCUT2D eigenvalue weighted by molar-refractivity contribution is 7.22. The van der Waals surface area contributed by atoms with E-state index in [4.69, 9.17) is 18.9 Å². The van der Waals surface area contributed by atoms with Gasteiger partial charge in [0.05, 0.1) is 48.5 Å². The summed E-state index contributed by atoms with van der Waals surface area (Å²) in [4.78, 5) is 28.4. The number of anilines is 1. The second-order valence-corrected chi connectivity index (χ2v) is 10.9. The van der Waals surface area contributed by atoms with Gasteiger partial charge in [-0.1, -0.05) is 17.9 Å². The lowest BCUT2D eigenvalue weighted by molar-refractivity contribution is -0.137. The standard InChI is InChI=1S/C31H29N5O6S2/c1-3-27(37)41-17-7-5-4-6-16-40-22-10-8-20(9-11-22)30(38)42-23-12-14-25(39-2)21(18-23)19-32-34-31-33-29-26(43-31)15-13-24-28(29)36-44-35-24/h3,8-15,18-19H,1,4-7,16-17H2,2H3,(H,33,34)/b32-19+. The van der Waals surface area contributed by atoms with Gasteiger partial charge in [-0.2, -0.15) is 13.8 Å². The van der Waals surface area contributed by atoms with Gasteiger partial charge in [-0.15, -0.1) is 0 Å². The first-order chi connectivity index (χ1) is 21.5. The van der Waals surface area contributed by atoms with Crippen molar-refractivity contribution in [3.05, 3.63) is 78.4 Å². The molecule has 3 aromatic carbocycles. The van der Waals surface area contributed by atoms with Crippen LogP contribution in [0.1, 0.15) is 41.6 Å². The number of rotatable bonds is 15. The molecule has 0 fully saturated rings. The molecule has 5 aromatic rings. The highest BCUT2D eigenvalue weighted by Gasteiger charge is 2.12. The Bertz CT molecular complexity index is 1780. The Morgan fingerprint density at radius 1 is 0.955 bits per heavy atom. The van der Waals surface area contributed by atoms with Crippen molar-refractivity contribution in [3.8, 4) is 17.2 Å². The van der Waals surface area contributed by atoms with Gasteiger partial charge in [0.25, 0.3) is 0 Å². The van der Waals surface area contributed by atoms with Crippen molar-refractivity contribution in [1.82, 2.24) is 13.7 Å². The van der Waals surface area contributed by atoms with Crippen molar-refractivity contribution in [3.63, 3.8) is 0 Å². The van der Waals surface area contributed by atoms with Gasteiger partial charge in [0, 0.05) is 11.6 Å². The van der Waals surface area contributed by atoms with E-state index in [1.807, 2.05) is 12.1 Å². The summed E-state index contributed by atoms with van der Waals surface area (Å²) in [5, 5.41) is 4.92. The smallest absolute Gasteiger partial charge is 0.343 e. The maximum atomic E-state index is 12.8. The summed E-state index contributed by atoms with van der Waals surface area (Å²) >= 11 is 2.61. The molecule has 226 valence electrons. The van der Waals surface area contributed by atoms with E-state index in [9.17, 15) is 9.59 Å². The molecular weight excluding hydrogens is 603 g/mol. The molecule has 0 aliphatic rings. The first-order valence-electron chi connectivity index (χ1n) is 13.8. The van der Waals surface area contributed by atoms with E-state index in [2.05, 4.69) is 30.8 Å². The highest BCUT2D eigenvalue weighted by atomic mass is 32.1. The van der Waals surface area contributed by atoms with Crippen molar-refractivity contribution in [1.29, 1.82) is 0 Å². The summed E-state index contributed by atoms with van der Waals surface area (Å²) in [7, 11) is 1.56. The summed E-state index contributed by atoms with van der Waals surface area (Å²) in [6, 6.07) is 15.7. The van der Waals surface area contributed by atoms with Crippen molar-refractivity contribution >= 4 is 67.6 Å². The van der Waals surface area contributed by atoms with Crippen LogP contribution < -0.4 is 19.6 Å². The Hall–Kier alpha value is -4.88. The second kappa shape index (κ2) is 15.0. The van der Waals surface area contributed by atoms with Gasteiger partial charge in [-0.3, -0.25) is 5.43 Å². The van der Waals surface area contributed by atoms with Gasteiger partial charge < -0.3 is 18.9 Å². The van der Waals surface area contributed by atoms with E-state index >= 15 is 0 Å². The first-order valence-corrected chi connectivity index (χ1v) is 15.3. The molecular formula is C31H29N5O6S2. The Labute approximate surface area is 261 Å². The quantitative estimate of drug-likeness (QED) is 0.0334. The molecule has 0 bridgehead atoms. The predicted molar refractivity (Wildman–Crippen MR) is 171 cm³/mol. The molecule has 13 heteroatoms. The number of nitrogens with zero attached hydrogens (tertiary/aromatic N) is 4. The number of hydrogen-bond acceptors (Lipinski definition) is 13. The fraction of sp³-hybridized carbons (Fsp3) is 0.226. The fourth-order valence-corrected chi connectivity index (χ4v) is 5.51. The number of unbranched alkanes of at least 4 members (excludes halogenated alkanes) is 3. The molecule has 0 atom stereocenters. The number of hydrazone groups is 1. The second-order valence-electron chi connectivity index (χ2n) is 9.39. The van der Waals surface area contributed by atoms with E-state index < -0.39 is 11.9 Å². The SMILES string of the molecule is C=CC(=O)OCCCCCCOc1ccc(C(=O)Oc2ccc(OC)c(/C=N/Nc3nc4c(ccc5nsnc54)s3)c2)cc1. The number of benzene rings is 3. The zero-order chi connectivity index (χ0) is 30.7. The Kier molecular flexibility index (Phi) is 10.4. The summed E-state index contributed by atoms with van der Waals surface area (Å²) in [6.45, 7) is 4.31.